The van der Waals surface area contributed by atoms with Gasteiger partial charge in [0.2, 0.25) is 5.28 Å². The Labute approximate surface area is 148 Å². The SMILES string of the molecule is Cc1c(CC(C)N)sc2c(NCc3ccno3)nc(Cl)nc12.Cl. The Morgan fingerprint density at radius 3 is 2.87 bits per heavy atom. The molecule has 0 fully saturated rings. The van der Waals surface area contributed by atoms with Crippen LogP contribution in [-0.4, -0.2) is 21.2 Å². The van der Waals surface area contributed by atoms with Crippen LogP contribution in [0.25, 0.3) is 10.2 Å². The van der Waals surface area contributed by atoms with Crippen LogP contribution in [0.1, 0.15) is 23.1 Å². The third-order valence-corrected chi connectivity index (χ3v) is 4.74. The van der Waals surface area contributed by atoms with Gasteiger partial charge in [-0.25, -0.2) is 4.98 Å². The number of halogens is 2. The highest BCUT2D eigenvalue weighted by Crippen LogP contribution is 2.35. The van der Waals surface area contributed by atoms with Gasteiger partial charge in [0.25, 0.3) is 0 Å². The van der Waals surface area contributed by atoms with Gasteiger partial charge in [-0.3, -0.25) is 0 Å². The van der Waals surface area contributed by atoms with Gasteiger partial charge in [0.15, 0.2) is 5.76 Å². The number of aryl methyl sites for hydroxylation is 1. The number of aromatic nitrogens is 3. The summed E-state index contributed by atoms with van der Waals surface area (Å²) in [5, 5.41) is 7.14. The van der Waals surface area contributed by atoms with Gasteiger partial charge in [0.05, 0.1) is 23.0 Å². The average Bonchev–Trinajstić information content (AvgIpc) is 3.07. The van der Waals surface area contributed by atoms with Crippen LogP contribution >= 0.6 is 35.3 Å². The molecule has 3 aromatic rings. The fraction of sp³-hybridized carbons (Fsp3) is 0.357. The van der Waals surface area contributed by atoms with Crippen molar-refractivity contribution >= 4 is 51.4 Å². The Hall–Kier alpha value is -1.41. The molecule has 1 atom stereocenters. The van der Waals surface area contributed by atoms with Crippen LogP contribution in [0.5, 0.6) is 0 Å². The van der Waals surface area contributed by atoms with Gasteiger partial charge < -0.3 is 15.6 Å². The van der Waals surface area contributed by atoms with E-state index in [-0.39, 0.29) is 23.7 Å². The van der Waals surface area contributed by atoms with Crippen LogP contribution < -0.4 is 11.1 Å². The molecular weight excluding hydrogens is 357 g/mol. The van der Waals surface area contributed by atoms with Crippen LogP contribution in [0.4, 0.5) is 5.82 Å². The smallest absolute Gasteiger partial charge is 0.224 e. The molecule has 3 heterocycles. The summed E-state index contributed by atoms with van der Waals surface area (Å²) in [7, 11) is 0. The monoisotopic (exact) mass is 373 g/mol. The van der Waals surface area contributed by atoms with E-state index >= 15 is 0 Å². The predicted octanol–water partition coefficient (Wildman–Crippen LogP) is 3.56. The van der Waals surface area contributed by atoms with Crippen molar-refractivity contribution in [3.63, 3.8) is 0 Å². The summed E-state index contributed by atoms with van der Waals surface area (Å²) in [6.07, 6.45) is 2.42. The average molecular weight is 374 g/mol. The first-order valence-corrected chi connectivity index (χ1v) is 8.08. The zero-order valence-electron chi connectivity index (χ0n) is 12.7. The third-order valence-electron chi connectivity index (χ3n) is 3.27. The number of nitrogens with two attached hydrogens (primary N) is 1. The third kappa shape index (κ3) is 3.92. The van der Waals surface area contributed by atoms with E-state index in [0.29, 0.717) is 12.4 Å². The molecular formula is C14H17Cl2N5OS. The van der Waals surface area contributed by atoms with E-state index in [0.717, 1.165) is 28.0 Å². The first-order chi connectivity index (χ1) is 10.5. The van der Waals surface area contributed by atoms with Crippen LogP contribution in [0, 0.1) is 6.92 Å². The van der Waals surface area contributed by atoms with Crippen molar-refractivity contribution in [1.29, 1.82) is 0 Å². The van der Waals surface area contributed by atoms with Crippen molar-refractivity contribution in [1.82, 2.24) is 15.1 Å². The van der Waals surface area contributed by atoms with Crippen molar-refractivity contribution in [2.75, 3.05) is 5.32 Å². The van der Waals surface area contributed by atoms with E-state index in [1.165, 1.54) is 4.88 Å². The van der Waals surface area contributed by atoms with Crippen molar-refractivity contribution in [3.8, 4) is 0 Å². The highest BCUT2D eigenvalue weighted by Gasteiger charge is 2.16. The maximum Gasteiger partial charge on any atom is 0.224 e. The lowest BCUT2D eigenvalue weighted by molar-refractivity contribution is 0.388. The van der Waals surface area contributed by atoms with E-state index in [1.807, 2.05) is 13.8 Å². The van der Waals surface area contributed by atoms with Gasteiger partial charge in [0, 0.05) is 17.0 Å². The largest absolute Gasteiger partial charge is 0.361 e. The van der Waals surface area contributed by atoms with Gasteiger partial charge in [-0.05, 0) is 37.4 Å². The minimum atomic E-state index is 0. The summed E-state index contributed by atoms with van der Waals surface area (Å²) in [6.45, 7) is 4.52. The molecule has 0 saturated heterocycles. The quantitative estimate of drug-likeness (QED) is 0.664. The molecule has 0 aliphatic rings. The minimum absolute atomic E-state index is 0. The summed E-state index contributed by atoms with van der Waals surface area (Å²) in [5.74, 6) is 1.43. The molecule has 0 aliphatic carbocycles. The second-order valence-corrected chi connectivity index (χ2v) is 6.63. The summed E-state index contributed by atoms with van der Waals surface area (Å²) in [4.78, 5) is 9.86. The molecule has 6 nitrogen and oxygen atoms in total. The normalized spacial score (nSPS) is 12.2. The number of anilines is 1. The molecule has 23 heavy (non-hydrogen) atoms. The fourth-order valence-corrected chi connectivity index (χ4v) is 3.74. The van der Waals surface area contributed by atoms with Gasteiger partial charge in [-0.1, -0.05) is 5.16 Å². The first kappa shape index (κ1) is 17.9. The molecule has 0 aromatic carbocycles. The van der Waals surface area contributed by atoms with Gasteiger partial charge >= 0.3 is 0 Å². The second kappa shape index (κ2) is 7.44. The number of nitrogens with one attached hydrogen (secondary N) is 1. The molecule has 124 valence electrons. The van der Waals surface area contributed by atoms with Crippen molar-refractivity contribution in [2.45, 2.75) is 32.9 Å². The second-order valence-electron chi connectivity index (χ2n) is 5.18. The van der Waals surface area contributed by atoms with Crippen molar-refractivity contribution in [2.24, 2.45) is 5.73 Å². The molecule has 0 bridgehead atoms. The van der Waals surface area contributed by atoms with E-state index < -0.39 is 0 Å². The molecule has 0 saturated carbocycles. The number of thiophene rings is 1. The topological polar surface area (TPSA) is 89.9 Å². The fourth-order valence-electron chi connectivity index (χ4n) is 2.22. The number of nitrogens with zero attached hydrogens (tertiary/aromatic N) is 3. The van der Waals surface area contributed by atoms with Crippen LogP contribution in [0.2, 0.25) is 5.28 Å². The van der Waals surface area contributed by atoms with Crippen LogP contribution in [0.15, 0.2) is 16.8 Å². The maximum atomic E-state index is 6.05. The van der Waals surface area contributed by atoms with E-state index in [4.69, 9.17) is 21.9 Å². The lowest BCUT2D eigenvalue weighted by Crippen LogP contribution is -2.17. The molecule has 3 rings (SSSR count). The van der Waals surface area contributed by atoms with Gasteiger partial charge in [-0.2, -0.15) is 4.98 Å². The van der Waals surface area contributed by atoms with E-state index in [2.05, 4.69) is 20.4 Å². The molecule has 0 amide bonds. The highest BCUT2D eigenvalue weighted by atomic mass is 35.5. The number of fused-ring (bicyclic) bond motifs is 1. The van der Waals surface area contributed by atoms with Crippen molar-refractivity contribution < 1.29 is 4.52 Å². The lowest BCUT2D eigenvalue weighted by atomic mass is 10.1. The molecule has 9 heteroatoms. The number of hydrogen-bond donors (Lipinski definition) is 2. The maximum absolute atomic E-state index is 6.05. The zero-order valence-corrected chi connectivity index (χ0v) is 15.1. The zero-order chi connectivity index (χ0) is 15.7. The van der Waals surface area contributed by atoms with Gasteiger partial charge in [-0.15, -0.1) is 23.7 Å². The Balaban J connectivity index is 0.00000192. The number of hydrogen-bond acceptors (Lipinski definition) is 7. The molecule has 0 aliphatic heterocycles. The summed E-state index contributed by atoms with van der Waals surface area (Å²) < 4.78 is 6.06. The Morgan fingerprint density at radius 1 is 1.43 bits per heavy atom. The summed E-state index contributed by atoms with van der Waals surface area (Å²) in [5.41, 5.74) is 7.91. The molecule has 3 aromatic heterocycles. The number of rotatable bonds is 5. The molecule has 3 N–H and O–H groups in total. The minimum Gasteiger partial charge on any atom is -0.361 e. The first-order valence-electron chi connectivity index (χ1n) is 6.89. The standard InChI is InChI=1S/C14H16ClN5OS.ClH/c1-7(16)5-10-8(2)11-12(22-10)13(20-14(15)19-11)17-6-9-3-4-18-21-9;/h3-4,7H,5-6,16H2,1-2H3,(H,17,19,20);1H. The van der Waals surface area contributed by atoms with Crippen LogP contribution in [0.3, 0.4) is 0 Å². The lowest BCUT2D eigenvalue weighted by Gasteiger charge is -2.04. The Morgan fingerprint density at radius 2 is 2.22 bits per heavy atom. The highest BCUT2D eigenvalue weighted by molar-refractivity contribution is 7.19. The Bertz CT molecular complexity index is 788. The van der Waals surface area contributed by atoms with E-state index in [9.17, 15) is 0 Å². The predicted molar refractivity (Wildman–Crippen MR) is 95.6 cm³/mol. The molecule has 0 spiro atoms. The van der Waals surface area contributed by atoms with Gasteiger partial charge in [0.1, 0.15) is 5.82 Å². The van der Waals surface area contributed by atoms with E-state index in [1.54, 1.807) is 23.6 Å². The molecule has 0 radical (unpaired) electrons. The summed E-state index contributed by atoms with van der Waals surface area (Å²) >= 11 is 7.71. The molecule has 1 unspecified atom stereocenters. The van der Waals surface area contributed by atoms with Crippen molar-refractivity contribution in [3.05, 3.63) is 33.7 Å². The summed E-state index contributed by atoms with van der Waals surface area (Å²) in [6, 6.07) is 1.90. The van der Waals surface area contributed by atoms with Crippen LogP contribution in [-0.2, 0) is 13.0 Å². The Kier molecular flexibility index (Phi) is 5.80.